The zero-order valence-corrected chi connectivity index (χ0v) is 46.5. The molecule has 31 heteroatoms. The molecule has 0 saturated heterocycles. The largest absolute Gasteiger partial charge is 0.489 e. The van der Waals surface area contributed by atoms with Gasteiger partial charge in [0.15, 0.2) is 28.7 Å². The third kappa shape index (κ3) is 17.9. The van der Waals surface area contributed by atoms with Gasteiger partial charge in [0.05, 0.1) is 48.7 Å². The monoisotopic (exact) mass is 1210 g/mol. The van der Waals surface area contributed by atoms with E-state index in [9.17, 15) is 57.5 Å². The summed E-state index contributed by atoms with van der Waals surface area (Å²) in [6, 6.07) is 11.3. The average molecular weight is 1210 g/mol. The smallest absolute Gasteiger partial charge is 0.340 e. The van der Waals surface area contributed by atoms with Gasteiger partial charge in [0, 0.05) is 83.1 Å². The highest BCUT2D eigenvalue weighted by molar-refractivity contribution is 6.07. The summed E-state index contributed by atoms with van der Waals surface area (Å²) in [7, 11) is 0. The summed E-state index contributed by atoms with van der Waals surface area (Å²) >= 11 is 0. The van der Waals surface area contributed by atoms with E-state index in [1.165, 1.54) is 35.2 Å². The first-order chi connectivity index (χ1) is 40.8. The molecule has 2 aliphatic heterocycles. The van der Waals surface area contributed by atoms with Gasteiger partial charge in [0.2, 0.25) is 27.2 Å². The molecule has 1 spiro atoms. The van der Waals surface area contributed by atoms with Crippen molar-refractivity contribution >= 4 is 82.9 Å². The first kappa shape index (κ1) is 64.9. The van der Waals surface area contributed by atoms with Crippen LogP contribution >= 0.6 is 0 Å². The number of nitrogens with one attached hydrogen (secondary N) is 1. The molecule has 0 fully saturated rings. The molecule has 1 N–H and O–H groups in total. The van der Waals surface area contributed by atoms with E-state index >= 15 is 8.78 Å². The third-order valence-electron chi connectivity index (χ3n) is 11.6. The van der Waals surface area contributed by atoms with Crippen LogP contribution in [0.15, 0.2) is 60.7 Å². The molecule has 0 aromatic heterocycles. The van der Waals surface area contributed by atoms with Gasteiger partial charge < -0.3 is 76.5 Å². The number of hydrogen-bond donors (Lipinski definition) is 1. The number of amides is 1. The van der Waals surface area contributed by atoms with Crippen LogP contribution in [-0.2, 0) is 101 Å². The number of fused-ring (bicyclic) bond motifs is 6. The Morgan fingerprint density at radius 2 is 0.988 bits per heavy atom. The molecular weight excluding hydrogens is 1160 g/mol. The van der Waals surface area contributed by atoms with Crippen molar-refractivity contribution in [2.75, 3.05) is 89.9 Å². The molecule has 29 nitrogen and oxygen atoms in total. The number of halogens is 2. The number of rotatable bonds is 28. The Hall–Kier alpha value is -10.3. The number of carbonyl (C=O) groups is 12. The second-order valence-corrected chi connectivity index (χ2v) is 17.9. The summed E-state index contributed by atoms with van der Waals surface area (Å²) in [5, 5.41) is 2.65. The van der Waals surface area contributed by atoms with Gasteiger partial charge in [0.25, 0.3) is 5.91 Å². The lowest BCUT2D eigenvalue weighted by Gasteiger charge is -2.36. The van der Waals surface area contributed by atoms with Crippen molar-refractivity contribution in [1.82, 2.24) is 4.90 Å². The maximum absolute atomic E-state index is 15.7. The minimum atomic E-state index is -2.19. The van der Waals surface area contributed by atoms with Gasteiger partial charge in [-0.15, -0.1) is 0 Å². The van der Waals surface area contributed by atoms with Gasteiger partial charge in [-0.05, 0) is 36.4 Å². The molecule has 4 aromatic carbocycles. The van der Waals surface area contributed by atoms with E-state index in [2.05, 4.69) is 14.8 Å². The summed E-state index contributed by atoms with van der Waals surface area (Å²) < 4.78 is 104. The minimum Gasteiger partial charge on any atom is -0.489 e. The standard InChI is InChI=1S/C55H53F2N3O26/c1-29(61)75-25-79-49(67)21-59(22-50(68)80-26-76-30(2)62)11-12-73-13-14-74-48-16-36(8-10-43(48)60(23-51(69)81-27-77-31(3)63)24-52(70)82-28-78-32(4)64)58-53(71)35-7-9-38-37(15-35)54(72)86-55(38)39-17-41(56)46(83-33(5)65)19-44(39)85-45-20-47(84-34(6)66)42(57)18-40(45)55/h7-10,15-20H,11-14,21-28H2,1-6H3,(H,58,71). The zero-order valence-electron chi connectivity index (χ0n) is 46.5. The molecule has 0 radical (unpaired) electrons. The Bertz CT molecular complexity index is 3190. The van der Waals surface area contributed by atoms with E-state index < -0.39 is 154 Å². The Balaban J connectivity index is 1.29. The molecular formula is C55H53F2N3O26. The molecule has 0 saturated carbocycles. The summed E-state index contributed by atoms with van der Waals surface area (Å²) in [5.41, 5.74) is -3.12. The third-order valence-corrected chi connectivity index (χ3v) is 11.6. The fourth-order valence-corrected chi connectivity index (χ4v) is 8.02. The van der Waals surface area contributed by atoms with E-state index in [1.54, 1.807) is 0 Å². The lowest BCUT2D eigenvalue weighted by atomic mass is 9.77. The number of benzene rings is 4. The highest BCUT2D eigenvalue weighted by Gasteiger charge is 2.55. The Kier molecular flexibility index (Phi) is 22.5. The first-order valence-corrected chi connectivity index (χ1v) is 25.2. The molecule has 0 aliphatic carbocycles. The fourth-order valence-electron chi connectivity index (χ4n) is 8.02. The molecule has 86 heavy (non-hydrogen) atoms. The lowest BCUT2D eigenvalue weighted by molar-refractivity contribution is -0.170. The predicted octanol–water partition coefficient (Wildman–Crippen LogP) is 3.39. The van der Waals surface area contributed by atoms with Crippen molar-refractivity contribution in [2.24, 2.45) is 0 Å². The van der Waals surface area contributed by atoms with Gasteiger partial charge in [0.1, 0.15) is 36.9 Å². The Morgan fingerprint density at radius 3 is 1.45 bits per heavy atom. The molecule has 2 aliphatic rings. The molecule has 2 heterocycles. The number of hydrogen-bond acceptors (Lipinski definition) is 28. The van der Waals surface area contributed by atoms with Gasteiger partial charge in [-0.2, -0.15) is 0 Å². The van der Waals surface area contributed by atoms with Crippen molar-refractivity contribution in [3.63, 3.8) is 0 Å². The van der Waals surface area contributed by atoms with Gasteiger partial charge >= 0.3 is 65.7 Å². The average Bonchev–Trinajstić information content (AvgIpc) is 1.42. The SMILES string of the molecule is CC(=O)OCOC(=O)CN(CCOCCOc1cc(NC(=O)c2ccc3c(c2)C(=O)OC32c3cc(F)c(OC(C)=O)cc3Oc3cc(OC(C)=O)c(F)cc32)ccc1N(CC(=O)OCOC(C)=O)CC(=O)OCOC(C)=O)CC(=O)OCOC(C)=O. The highest BCUT2D eigenvalue weighted by Crippen LogP contribution is 2.58. The summed E-state index contributed by atoms with van der Waals surface area (Å²) in [4.78, 5) is 151. The van der Waals surface area contributed by atoms with Crippen LogP contribution in [0, 0.1) is 11.6 Å². The van der Waals surface area contributed by atoms with Crippen LogP contribution in [0.25, 0.3) is 0 Å². The van der Waals surface area contributed by atoms with Gasteiger partial charge in [-0.3, -0.25) is 57.6 Å². The Labute approximate surface area is 485 Å². The molecule has 4 aromatic rings. The van der Waals surface area contributed by atoms with Crippen LogP contribution in [0.2, 0.25) is 0 Å². The summed E-state index contributed by atoms with van der Waals surface area (Å²) in [6.07, 6.45) is 0. The normalized spacial score (nSPS) is 12.1. The Morgan fingerprint density at radius 1 is 0.512 bits per heavy atom. The molecule has 1 amide bonds. The number of ether oxygens (including phenoxy) is 14. The van der Waals surface area contributed by atoms with Gasteiger partial charge in [-0.1, -0.05) is 6.07 Å². The number of esters is 11. The molecule has 458 valence electrons. The minimum absolute atomic E-state index is 0.0220. The molecule has 0 atom stereocenters. The van der Waals surface area contributed by atoms with Crippen LogP contribution in [0.1, 0.15) is 78.9 Å². The van der Waals surface area contributed by atoms with E-state index in [0.29, 0.717) is 0 Å². The van der Waals surface area contributed by atoms with E-state index in [1.807, 2.05) is 0 Å². The van der Waals surface area contributed by atoms with E-state index in [0.717, 1.165) is 76.8 Å². The second kappa shape index (κ2) is 29.8. The van der Waals surface area contributed by atoms with Crippen molar-refractivity contribution in [3.8, 4) is 28.7 Å². The zero-order chi connectivity index (χ0) is 62.8. The van der Waals surface area contributed by atoms with Crippen molar-refractivity contribution in [3.05, 3.63) is 100 Å². The van der Waals surface area contributed by atoms with Crippen molar-refractivity contribution in [2.45, 2.75) is 47.1 Å². The topological polar surface area (TPSA) is 353 Å². The van der Waals surface area contributed by atoms with Crippen LogP contribution in [0.3, 0.4) is 0 Å². The lowest BCUT2D eigenvalue weighted by Crippen LogP contribution is -2.38. The van der Waals surface area contributed by atoms with Crippen LogP contribution in [0.4, 0.5) is 20.2 Å². The van der Waals surface area contributed by atoms with E-state index in [-0.39, 0.29) is 82.8 Å². The molecule has 6 rings (SSSR count). The maximum atomic E-state index is 15.7. The quantitative estimate of drug-likeness (QED) is 0.0280. The second-order valence-electron chi connectivity index (χ2n) is 17.9. The number of carbonyl (C=O) groups excluding carboxylic acids is 12. The van der Waals surface area contributed by atoms with Crippen molar-refractivity contribution < 1.29 is 133 Å². The fraction of sp³-hybridized carbons (Fsp3) is 0.345. The van der Waals surface area contributed by atoms with Crippen molar-refractivity contribution in [1.29, 1.82) is 0 Å². The number of anilines is 2. The predicted molar refractivity (Wildman–Crippen MR) is 277 cm³/mol. The van der Waals surface area contributed by atoms with Crippen LogP contribution < -0.4 is 29.2 Å². The molecule has 0 bridgehead atoms. The maximum Gasteiger partial charge on any atom is 0.340 e. The first-order valence-electron chi connectivity index (χ1n) is 25.2. The highest BCUT2D eigenvalue weighted by atomic mass is 19.1. The van der Waals surface area contributed by atoms with E-state index in [4.69, 9.17) is 56.8 Å². The van der Waals surface area contributed by atoms with Gasteiger partial charge in [-0.25, -0.2) is 13.6 Å². The molecule has 0 unspecified atom stereocenters. The summed E-state index contributed by atoms with van der Waals surface area (Å²) in [5.74, 6) is -14.7. The number of nitrogens with zero attached hydrogens (tertiary/aromatic N) is 2. The summed E-state index contributed by atoms with van der Waals surface area (Å²) in [6.45, 7) is -0.200. The van der Waals surface area contributed by atoms with Crippen LogP contribution in [0.5, 0.6) is 28.7 Å². The van der Waals surface area contributed by atoms with Crippen LogP contribution in [-0.4, -0.2) is 156 Å².